The summed E-state index contributed by atoms with van der Waals surface area (Å²) in [6.07, 6.45) is -3.33. The number of nitrogens with one attached hydrogen (secondary N) is 1. The lowest BCUT2D eigenvalue weighted by molar-refractivity contribution is -0.0468. The number of aliphatic hydroxyl groups is 2. The Morgan fingerprint density at radius 2 is 1.78 bits per heavy atom. The predicted molar refractivity (Wildman–Crippen MR) is 116 cm³/mol. The number of nitrogens with two attached hydrogens (primary N) is 1. The van der Waals surface area contributed by atoms with Crippen molar-refractivity contribution in [1.29, 1.82) is 0 Å². The molecule has 4 heterocycles. The van der Waals surface area contributed by atoms with Crippen molar-refractivity contribution in [2.24, 2.45) is 0 Å². The first-order valence-corrected chi connectivity index (χ1v) is 11.6. The molecule has 4 amide bonds. The number of carbonyl (C=O) groups excluding carboxylic acids is 3. The van der Waals surface area contributed by atoms with E-state index < -0.39 is 59.3 Å². The lowest BCUT2D eigenvalue weighted by atomic mass is 10.1. The van der Waals surface area contributed by atoms with Gasteiger partial charge in [0, 0.05) is 0 Å². The average Bonchev–Trinajstić information content (AvgIpc) is 3.47. The summed E-state index contributed by atoms with van der Waals surface area (Å²) < 4.78 is 37.6. The number of nitrogens with zero attached hydrogens (tertiary/aromatic N) is 5. The van der Waals surface area contributed by atoms with Gasteiger partial charge in [-0.1, -0.05) is 12.1 Å². The number of anilines is 1. The first-order valence-electron chi connectivity index (χ1n) is 10.2. The molecule has 2 aliphatic heterocycles. The number of aromatic nitrogens is 4. The maximum Gasteiger partial charge on any atom is 0.363 e. The zero-order chi connectivity index (χ0) is 25.8. The Kier molecular flexibility index (Phi) is 5.64. The van der Waals surface area contributed by atoms with Gasteiger partial charge in [0.05, 0.1) is 24.1 Å². The largest absolute Gasteiger partial charge is 0.387 e. The lowest BCUT2D eigenvalue weighted by Gasteiger charge is -2.17. The smallest absolute Gasteiger partial charge is 0.363 e. The molecule has 188 valence electrons. The fourth-order valence-corrected chi connectivity index (χ4v) is 4.54. The maximum absolute atomic E-state index is 12.4. The number of benzene rings is 1. The minimum Gasteiger partial charge on any atom is -0.387 e. The van der Waals surface area contributed by atoms with Gasteiger partial charge < -0.3 is 20.7 Å². The molecular weight excluding hydrogens is 502 g/mol. The molecule has 0 unspecified atom stereocenters. The Hall–Kier alpha value is -4.03. The van der Waals surface area contributed by atoms with Gasteiger partial charge in [0.25, 0.3) is 11.8 Å². The van der Waals surface area contributed by atoms with Crippen LogP contribution in [0.3, 0.4) is 0 Å². The minimum absolute atomic E-state index is 0.0578. The number of hydrogen-bond acceptors (Lipinski definition) is 13. The van der Waals surface area contributed by atoms with E-state index in [0.29, 0.717) is 0 Å². The first-order chi connectivity index (χ1) is 17.1. The number of imide groups is 3. The quantitative estimate of drug-likeness (QED) is 0.276. The van der Waals surface area contributed by atoms with Crippen LogP contribution in [0.5, 0.6) is 0 Å². The zero-order valence-corrected chi connectivity index (χ0v) is 18.8. The maximum atomic E-state index is 12.4. The van der Waals surface area contributed by atoms with Crippen molar-refractivity contribution in [3.63, 3.8) is 0 Å². The van der Waals surface area contributed by atoms with E-state index in [4.69, 9.17) is 14.7 Å². The van der Waals surface area contributed by atoms with Crippen LogP contribution >= 0.6 is 0 Å². The molecule has 0 saturated carbocycles. The highest BCUT2D eigenvalue weighted by atomic mass is 32.2. The van der Waals surface area contributed by atoms with Gasteiger partial charge >= 0.3 is 16.3 Å². The molecule has 1 aromatic carbocycles. The van der Waals surface area contributed by atoms with Crippen molar-refractivity contribution in [2.45, 2.75) is 24.5 Å². The first kappa shape index (κ1) is 23.7. The van der Waals surface area contributed by atoms with Crippen molar-refractivity contribution < 1.29 is 41.9 Å². The second-order valence-electron chi connectivity index (χ2n) is 7.77. The van der Waals surface area contributed by atoms with E-state index in [1.54, 1.807) is 0 Å². The molecule has 5 N–H and O–H groups in total. The topological polar surface area (TPSA) is 229 Å². The van der Waals surface area contributed by atoms with Crippen molar-refractivity contribution >= 4 is 45.1 Å². The van der Waals surface area contributed by atoms with Crippen LogP contribution in [-0.2, 0) is 19.2 Å². The molecule has 0 radical (unpaired) electrons. The summed E-state index contributed by atoms with van der Waals surface area (Å²) in [6, 6.07) is 4.05. The lowest BCUT2D eigenvalue weighted by Crippen LogP contribution is -2.46. The fraction of sp³-hybridized carbons (Fsp3) is 0.263. The van der Waals surface area contributed by atoms with Gasteiger partial charge in [0.15, 0.2) is 17.7 Å². The van der Waals surface area contributed by atoms with Crippen LogP contribution in [0, 0.1) is 0 Å². The van der Waals surface area contributed by atoms with Crippen LogP contribution < -0.4 is 10.5 Å². The van der Waals surface area contributed by atoms with Crippen LogP contribution in [0.1, 0.15) is 26.9 Å². The van der Waals surface area contributed by atoms with E-state index in [1.165, 1.54) is 39.9 Å². The molecule has 4 atom stereocenters. The average molecular weight is 519 g/mol. The zero-order valence-electron chi connectivity index (χ0n) is 18.0. The van der Waals surface area contributed by atoms with E-state index in [1.807, 2.05) is 0 Å². The number of fused-ring (bicyclic) bond motifs is 2. The van der Waals surface area contributed by atoms with E-state index in [-0.39, 0.29) is 33.0 Å². The van der Waals surface area contributed by atoms with Crippen molar-refractivity contribution in [1.82, 2.24) is 29.1 Å². The van der Waals surface area contributed by atoms with Gasteiger partial charge in [-0.05, 0) is 12.1 Å². The summed E-state index contributed by atoms with van der Waals surface area (Å²) >= 11 is 0. The molecule has 2 aromatic heterocycles. The Morgan fingerprint density at radius 3 is 2.44 bits per heavy atom. The van der Waals surface area contributed by atoms with Crippen molar-refractivity contribution in [2.75, 3.05) is 12.3 Å². The monoisotopic (exact) mass is 519 g/mol. The molecule has 5 rings (SSSR count). The summed E-state index contributed by atoms with van der Waals surface area (Å²) in [6.45, 7) is -0.830. The van der Waals surface area contributed by atoms with E-state index in [9.17, 15) is 33.0 Å². The van der Waals surface area contributed by atoms with E-state index in [2.05, 4.69) is 15.0 Å². The number of imidazole rings is 1. The number of ether oxygens (including phenoxy) is 1. The van der Waals surface area contributed by atoms with Gasteiger partial charge in [-0.15, -0.1) is 0 Å². The summed E-state index contributed by atoms with van der Waals surface area (Å²) in [5.74, 6) is -1.92. The van der Waals surface area contributed by atoms with E-state index >= 15 is 0 Å². The van der Waals surface area contributed by atoms with Crippen LogP contribution in [0.15, 0.2) is 36.9 Å². The molecule has 16 nitrogen and oxygen atoms in total. The molecule has 36 heavy (non-hydrogen) atoms. The van der Waals surface area contributed by atoms with Crippen LogP contribution in [0.4, 0.5) is 10.6 Å². The Labute approximate surface area is 201 Å². The molecule has 17 heteroatoms. The minimum atomic E-state index is -4.87. The number of amides is 4. The predicted octanol–water partition coefficient (Wildman–Crippen LogP) is -1.71. The second-order valence-corrected chi connectivity index (χ2v) is 9.11. The van der Waals surface area contributed by atoms with Gasteiger partial charge in [-0.25, -0.2) is 24.5 Å². The molecule has 0 bridgehead atoms. The highest BCUT2D eigenvalue weighted by molar-refractivity contribution is 7.85. The third-order valence-electron chi connectivity index (χ3n) is 5.60. The fourth-order valence-electron chi connectivity index (χ4n) is 3.87. The number of rotatable bonds is 5. The summed E-state index contributed by atoms with van der Waals surface area (Å²) in [7, 11) is -4.87. The number of urea groups is 1. The molecule has 1 saturated heterocycles. The van der Waals surface area contributed by atoms with Gasteiger partial charge in [-0.2, -0.15) is 13.3 Å². The highest BCUT2D eigenvalue weighted by Gasteiger charge is 2.46. The molecule has 1 fully saturated rings. The molecular formula is C19H17N7O9S. The standard InChI is InChI=1S/C19H17N7O9S/c20-14-11-15(22-6-21-14)25(7-23-11)18-13(28)12(27)10(35-18)5-34-36(32,33)24-19(31)26-16(29)8-3-1-2-4-9(8)17(26)30/h1-4,6-7,10,12-13,18,27-28H,5H2,(H,24,31)(H2,20,21,22)/t10-,12-,13-,18-/m1/s1. The normalized spacial score (nSPS) is 23.9. The Bertz CT molecular complexity index is 1470. The Balaban J connectivity index is 1.25. The molecule has 2 aliphatic rings. The number of aliphatic hydroxyl groups excluding tert-OH is 2. The van der Waals surface area contributed by atoms with Crippen LogP contribution in [0.2, 0.25) is 0 Å². The van der Waals surface area contributed by atoms with Crippen LogP contribution in [-0.4, -0.2) is 85.8 Å². The summed E-state index contributed by atoms with van der Waals surface area (Å²) in [4.78, 5) is 49.1. The number of carbonyl (C=O) groups is 3. The highest BCUT2D eigenvalue weighted by Crippen LogP contribution is 2.32. The SMILES string of the molecule is Nc1ncnc2c1ncn2[C@@H]1O[C@H](COS(=O)(=O)NC(=O)N2C(=O)c3ccccc3C2=O)[C@@H](O)[C@H]1O. The number of nitrogen functional groups attached to an aromatic ring is 1. The third kappa shape index (κ3) is 3.84. The van der Waals surface area contributed by atoms with Crippen molar-refractivity contribution in [3.8, 4) is 0 Å². The second kappa shape index (κ2) is 8.57. The molecule has 0 aliphatic carbocycles. The van der Waals surface area contributed by atoms with Gasteiger partial charge in [0.2, 0.25) is 0 Å². The van der Waals surface area contributed by atoms with Crippen molar-refractivity contribution in [3.05, 3.63) is 48.0 Å². The van der Waals surface area contributed by atoms with Gasteiger partial charge in [0.1, 0.15) is 30.2 Å². The molecule has 0 spiro atoms. The van der Waals surface area contributed by atoms with E-state index in [0.717, 1.165) is 6.33 Å². The Morgan fingerprint density at radius 1 is 1.11 bits per heavy atom. The van der Waals surface area contributed by atoms with Gasteiger partial charge in [-0.3, -0.25) is 18.3 Å². The summed E-state index contributed by atoms with van der Waals surface area (Å²) in [5.41, 5.74) is 6.04. The summed E-state index contributed by atoms with van der Waals surface area (Å²) in [5, 5.41) is 20.8. The van der Waals surface area contributed by atoms with Crippen LogP contribution in [0.25, 0.3) is 11.2 Å². The molecule has 3 aromatic rings. The number of hydrogen-bond donors (Lipinski definition) is 4. The third-order valence-corrected chi connectivity index (χ3v) is 6.47.